The van der Waals surface area contributed by atoms with E-state index in [2.05, 4.69) is 0 Å². The molecule has 0 aromatic heterocycles. The molecule has 0 aliphatic rings. The Morgan fingerprint density at radius 2 is 2.00 bits per heavy atom. The van der Waals surface area contributed by atoms with Crippen LogP contribution in [0.3, 0.4) is 0 Å². The SMILES string of the molecule is CCOC(=O)CCN(C)C(=O)C=Cc1ccc(C#N)cc1. The highest BCUT2D eigenvalue weighted by atomic mass is 16.5. The third-order valence-electron chi connectivity index (χ3n) is 2.79. The summed E-state index contributed by atoms with van der Waals surface area (Å²) in [5.41, 5.74) is 1.41. The van der Waals surface area contributed by atoms with Crippen molar-refractivity contribution in [3.05, 3.63) is 41.5 Å². The van der Waals surface area contributed by atoms with Gasteiger partial charge in [-0.2, -0.15) is 5.26 Å². The number of amides is 1. The van der Waals surface area contributed by atoms with Crippen molar-refractivity contribution in [1.29, 1.82) is 5.26 Å². The number of esters is 1. The summed E-state index contributed by atoms with van der Waals surface area (Å²) < 4.78 is 4.80. The quantitative estimate of drug-likeness (QED) is 0.592. The maximum absolute atomic E-state index is 11.8. The molecule has 5 heteroatoms. The smallest absolute Gasteiger partial charge is 0.307 e. The zero-order chi connectivity index (χ0) is 15.7. The van der Waals surface area contributed by atoms with Gasteiger partial charge in [0, 0.05) is 19.7 Å². The van der Waals surface area contributed by atoms with Gasteiger partial charge in [-0.25, -0.2) is 0 Å². The van der Waals surface area contributed by atoms with E-state index in [1.165, 1.54) is 11.0 Å². The lowest BCUT2D eigenvalue weighted by atomic mass is 10.1. The Bertz CT molecular complexity index is 556. The van der Waals surface area contributed by atoms with Gasteiger partial charge in [-0.1, -0.05) is 12.1 Å². The molecular formula is C16H18N2O3. The predicted molar refractivity (Wildman–Crippen MR) is 79.1 cm³/mol. The lowest BCUT2D eigenvalue weighted by molar-refractivity contribution is -0.143. The lowest BCUT2D eigenvalue weighted by Gasteiger charge is -2.14. The number of benzene rings is 1. The average molecular weight is 286 g/mol. The van der Waals surface area contributed by atoms with Gasteiger partial charge in [-0.05, 0) is 30.7 Å². The molecule has 0 aliphatic carbocycles. The van der Waals surface area contributed by atoms with Crippen molar-refractivity contribution in [2.45, 2.75) is 13.3 Å². The minimum atomic E-state index is -0.312. The lowest BCUT2D eigenvalue weighted by Crippen LogP contribution is -2.27. The molecule has 0 N–H and O–H groups in total. The van der Waals surface area contributed by atoms with Crippen LogP contribution in [0.25, 0.3) is 6.08 Å². The van der Waals surface area contributed by atoms with Crippen LogP contribution in [-0.2, 0) is 14.3 Å². The summed E-state index contributed by atoms with van der Waals surface area (Å²) in [7, 11) is 1.63. The largest absolute Gasteiger partial charge is 0.466 e. The number of rotatable bonds is 6. The predicted octanol–water partition coefficient (Wildman–Crippen LogP) is 1.98. The normalized spacial score (nSPS) is 10.1. The molecule has 5 nitrogen and oxygen atoms in total. The van der Waals surface area contributed by atoms with E-state index in [-0.39, 0.29) is 18.3 Å². The Balaban J connectivity index is 2.49. The zero-order valence-corrected chi connectivity index (χ0v) is 12.2. The van der Waals surface area contributed by atoms with Crippen LogP contribution in [0.15, 0.2) is 30.3 Å². The van der Waals surface area contributed by atoms with Crippen LogP contribution >= 0.6 is 0 Å². The van der Waals surface area contributed by atoms with Gasteiger partial charge in [0.1, 0.15) is 0 Å². The maximum Gasteiger partial charge on any atom is 0.307 e. The molecule has 0 heterocycles. The van der Waals surface area contributed by atoms with Gasteiger partial charge in [-0.3, -0.25) is 9.59 Å². The van der Waals surface area contributed by atoms with Crippen molar-refractivity contribution < 1.29 is 14.3 Å². The second-order valence-corrected chi connectivity index (χ2v) is 4.38. The van der Waals surface area contributed by atoms with E-state index in [4.69, 9.17) is 10.00 Å². The van der Waals surface area contributed by atoms with Crippen LogP contribution < -0.4 is 0 Å². The zero-order valence-electron chi connectivity index (χ0n) is 12.2. The van der Waals surface area contributed by atoms with Gasteiger partial charge < -0.3 is 9.64 Å². The molecule has 0 fully saturated rings. The van der Waals surface area contributed by atoms with E-state index >= 15 is 0 Å². The van der Waals surface area contributed by atoms with Crippen LogP contribution in [0, 0.1) is 11.3 Å². The minimum absolute atomic E-state index is 0.181. The van der Waals surface area contributed by atoms with E-state index in [9.17, 15) is 9.59 Å². The van der Waals surface area contributed by atoms with Crippen LogP contribution in [0.2, 0.25) is 0 Å². The first-order chi connectivity index (χ1) is 10.1. The number of likely N-dealkylation sites (N-methyl/N-ethyl adjacent to an activating group) is 1. The summed E-state index contributed by atoms with van der Waals surface area (Å²) in [4.78, 5) is 24.5. The Morgan fingerprint density at radius 1 is 1.33 bits per heavy atom. The summed E-state index contributed by atoms with van der Waals surface area (Å²) >= 11 is 0. The fraction of sp³-hybridized carbons (Fsp3) is 0.312. The second-order valence-electron chi connectivity index (χ2n) is 4.38. The second kappa shape index (κ2) is 8.54. The average Bonchev–Trinajstić information content (AvgIpc) is 2.51. The number of carbonyl (C=O) groups is 2. The summed E-state index contributed by atoms with van der Waals surface area (Å²) in [6, 6.07) is 8.94. The minimum Gasteiger partial charge on any atom is -0.466 e. The van der Waals surface area contributed by atoms with Gasteiger partial charge >= 0.3 is 5.97 Å². The Labute approximate surface area is 124 Å². The highest BCUT2D eigenvalue weighted by Gasteiger charge is 2.08. The number of nitrogens with zero attached hydrogens (tertiary/aromatic N) is 2. The monoisotopic (exact) mass is 286 g/mol. The van der Waals surface area contributed by atoms with Crippen molar-refractivity contribution >= 4 is 18.0 Å². The molecule has 0 atom stereocenters. The van der Waals surface area contributed by atoms with Crippen molar-refractivity contribution in [1.82, 2.24) is 4.90 Å². The van der Waals surface area contributed by atoms with Gasteiger partial charge in [0.25, 0.3) is 0 Å². The third kappa shape index (κ3) is 5.91. The Hall–Kier alpha value is -2.61. The molecule has 1 aromatic carbocycles. The van der Waals surface area contributed by atoms with Crippen molar-refractivity contribution in [2.75, 3.05) is 20.2 Å². The van der Waals surface area contributed by atoms with Gasteiger partial charge in [-0.15, -0.1) is 0 Å². The summed E-state index contributed by atoms with van der Waals surface area (Å²) in [5.74, 6) is -0.503. The van der Waals surface area contributed by atoms with E-state index in [1.807, 2.05) is 6.07 Å². The highest BCUT2D eigenvalue weighted by molar-refractivity contribution is 5.91. The van der Waals surface area contributed by atoms with Gasteiger partial charge in [0.2, 0.25) is 5.91 Å². The molecule has 1 aromatic rings. The van der Waals surface area contributed by atoms with E-state index < -0.39 is 0 Å². The molecule has 1 amide bonds. The van der Waals surface area contributed by atoms with Crippen LogP contribution in [0.4, 0.5) is 0 Å². The van der Waals surface area contributed by atoms with Crippen molar-refractivity contribution in [3.8, 4) is 6.07 Å². The first kappa shape index (κ1) is 16.4. The first-order valence-electron chi connectivity index (χ1n) is 6.65. The third-order valence-corrected chi connectivity index (χ3v) is 2.79. The molecular weight excluding hydrogens is 268 g/mol. The van der Waals surface area contributed by atoms with E-state index in [0.717, 1.165) is 5.56 Å². The van der Waals surface area contributed by atoms with Crippen LogP contribution in [0.1, 0.15) is 24.5 Å². The van der Waals surface area contributed by atoms with E-state index in [0.29, 0.717) is 18.7 Å². The summed E-state index contributed by atoms with van der Waals surface area (Å²) in [6.45, 7) is 2.40. The molecule has 1 rings (SSSR count). The molecule has 0 radical (unpaired) electrons. The van der Waals surface area contributed by atoms with Gasteiger partial charge in [0.15, 0.2) is 0 Å². The number of nitriles is 1. The van der Waals surface area contributed by atoms with Crippen LogP contribution in [0.5, 0.6) is 0 Å². The van der Waals surface area contributed by atoms with Gasteiger partial charge in [0.05, 0.1) is 24.7 Å². The molecule has 0 aliphatic heterocycles. The molecule has 0 saturated carbocycles. The number of hydrogen-bond donors (Lipinski definition) is 0. The first-order valence-corrected chi connectivity index (χ1v) is 6.65. The molecule has 110 valence electrons. The van der Waals surface area contributed by atoms with Crippen molar-refractivity contribution in [3.63, 3.8) is 0 Å². The standard InChI is InChI=1S/C16H18N2O3/c1-3-21-16(20)10-11-18(2)15(19)9-8-13-4-6-14(12-17)7-5-13/h4-9H,3,10-11H2,1-2H3. The summed E-state index contributed by atoms with van der Waals surface area (Å²) in [5, 5.41) is 8.69. The topological polar surface area (TPSA) is 70.4 Å². The fourth-order valence-electron chi connectivity index (χ4n) is 1.57. The number of carbonyl (C=O) groups excluding carboxylic acids is 2. The molecule has 21 heavy (non-hydrogen) atoms. The summed E-state index contributed by atoms with van der Waals surface area (Å²) in [6.07, 6.45) is 3.29. The number of hydrogen-bond acceptors (Lipinski definition) is 4. The highest BCUT2D eigenvalue weighted by Crippen LogP contribution is 2.05. The number of ether oxygens (including phenoxy) is 1. The maximum atomic E-state index is 11.8. The fourth-order valence-corrected chi connectivity index (χ4v) is 1.57. The van der Waals surface area contributed by atoms with Crippen molar-refractivity contribution in [2.24, 2.45) is 0 Å². The molecule has 0 spiro atoms. The van der Waals surface area contributed by atoms with Crippen LogP contribution in [-0.4, -0.2) is 37.0 Å². The molecule has 0 unspecified atom stereocenters. The van der Waals surface area contributed by atoms with E-state index in [1.54, 1.807) is 44.3 Å². The Morgan fingerprint density at radius 3 is 2.57 bits per heavy atom. The molecule has 0 bridgehead atoms. The Kier molecular flexibility index (Phi) is 6.69. The molecule has 0 saturated heterocycles.